The predicted octanol–water partition coefficient (Wildman–Crippen LogP) is 7.00. The van der Waals surface area contributed by atoms with E-state index in [1.165, 1.54) is 38.5 Å². The Morgan fingerprint density at radius 1 is 0.815 bits per heavy atom. The van der Waals surface area contributed by atoms with E-state index in [1.807, 2.05) is 0 Å². The number of halogens is 1. The molecular weight excluding hydrogens is 396 g/mol. The minimum absolute atomic E-state index is 0.999. The average molecular weight is 415 g/mol. The Morgan fingerprint density at radius 3 is 2.33 bits per heavy atom. The number of imidazole rings is 1. The largest absolute Gasteiger partial charge is 0.298 e. The van der Waals surface area contributed by atoms with Crippen molar-refractivity contribution in [2.45, 2.75) is 20.8 Å². The van der Waals surface area contributed by atoms with Crippen molar-refractivity contribution in [2.24, 2.45) is 0 Å². The van der Waals surface area contributed by atoms with Gasteiger partial charge in [0, 0.05) is 27.0 Å². The number of fused-ring (bicyclic) bond motifs is 6. The molecule has 0 atom stereocenters. The molecule has 0 bridgehead atoms. The summed E-state index contributed by atoms with van der Waals surface area (Å²) >= 11 is 3.63. The van der Waals surface area contributed by atoms with E-state index < -0.39 is 0 Å². The number of para-hydroxylation sites is 1. The van der Waals surface area contributed by atoms with E-state index in [9.17, 15) is 0 Å². The first-order valence-corrected chi connectivity index (χ1v) is 9.89. The van der Waals surface area contributed by atoms with Crippen LogP contribution in [0.4, 0.5) is 0 Å². The van der Waals surface area contributed by atoms with Crippen molar-refractivity contribution in [1.82, 2.24) is 9.38 Å². The first-order chi connectivity index (χ1) is 13.0. The van der Waals surface area contributed by atoms with Crippen molar-refractivity contribution < 1.29 is 0 Å². The minimum Gasteiger partial charge on any atom is -0.298 e. The third-order valence-corrected chi connectivity index (χ3v) is 5.81. The molecule has 0 amide bonds. The van der Waals surface area contributed by atoms with Crippen LogP contribution < -0.4 is 0 Å². The maximum atomic E-state index is 5.10. The normalized spacial score (nSPS) is 11.7. The smallest absolute Gasteiger partial charge is 0.145 e. The fourth-order valence-electron chi connectivity index (χ4n) is 4.31. The molecule has 132 valence electrons. The van der Waals surface area contributed by atoms with Gasteiger partial charge in [0.25, 0.3) is 0 Å². The highest BCUT2D eigenvalue weighted by Crippen LogP contribution is 2.34. The SMILES string of the molecule is Cc1cc(C)c(-c2cn3c4ccccc4c4ccc(Br)cc4c3n2)c(C)c1. The highest BCUT2D eigenvalue weighted by molar-refractivity contribution is 9.10. The number of hydrogen-bond acceptors (Lipinski definition) is 1. The molecule has 0 fully saturated rings. The Labute approximate surface area is 166 Å². The fraction of sp³-hybridized carbons (Fsp3) is 0.125. The van der Waals surface area contributed by atoms with Gasteiger partial charge in [-0.2, -0.15) is 0 Å². The van der Waals surface area contributed by atoms with Crippen molar-refractivity contribution >= 4 is 43.3 Å². The summed E-state index contributed by atoms with van der Waals surface area (Å²) in [5.41, 5.74) is 8.27. The Kier molecular flexibility index (Phi) is 3.63. The number of rotatable bonds is 1. The quantitative estimate of drug-likeness (QED) is 0.270. The molecule has 3 heteroatoms. The van der Waals surface area contributed by atoms with E-state index in [4.69, 9.17) is 4.98 Å². The lowest BCUT2D eigenvalue weighted by atomic mass is 9.98. The summed E-state index contributed by atoms with van der Waals surface area (Å²) in [5, 5.41) is 3.64. The molecule has 2 aromatic heterocycles. The van der Waals surface area contributed by atoms with Crippen LogP contribution in [-0.2, 0) is 0 Å². The molecule has 0 aliphatic carbocycles. The van der Waals surface area contributed by atoms with Crippen LogP contribution in [-0.4, -0.2) is 9.38 Å². The van der Waals surface area contributed by atoms with Gasteiger partial charge in [-0.3, -0.25) is 4.40 Å². The van der Waals surface area contributed by atoms with Gasteiger partial charge in [-0.25, -0.2) is 4.98 Å². The number of aromatic nitrogens is 2. The van der Waals surface area contributed by atoms with E-state index in [0.717, 1.165) is 21.2 Å². The van der Waals surface area contributed by atoms with Crippen LogP contribution in [0.15, 0.2) is 65.3 Å². The zero-order valence-electron chi connectivity index (χ0n) is 15.5. The van der Waals surface area contributed by atoms with Crippen molar-refractivity contribution in [3.8, 4) is 11.3 Å². The number of pyridine rings is 1. The molecule has 0 saturated carbocycles. The summed E-state index contributed by atoms with van der Waals surface area (Å²) in [6.07, 6.45) is 2.18. The summed E-state index contributed by atoms with van der Waals surface area (Å²) in [6.45, 7) is 6.49. The van der Waals surface area contributed by atoms with Crippen molar-refractivity contribution in [3.05, 3.63) is 82.0 Å². The van der Waals surface area contributed by atoms with Crippen LogP contribution >= 0.6 is 15.9 Å². The summed E-state index contributed by atoms with van der Waals surface area (Å²) < 4.78 is 3.30. The van der Waals surface area contributed by atoms with E-state index in [2.05, 4.69) is 102 Å². The van der Waals surface area contributed by atoms with Crippen LogP contribution in [0, 0.1) is 20.8 Å². The molecule has 0 saturated heterocycles. The van der Waals surface area contributed by atoms with Gasteiger partial charge >= 0.3 is 0 Å². The van der Waals surface area contributed by atoms with Crippen LogP contribution in [0.25, 0.3) is 38.6 Å². The number of hydrogen-bond donors (Lipinski definition) is 0. The Balaban J connectivity index is 1.96. The average Bonchev–Trinajstić information content (AvgIpc) is 3.06. The number of nitrogens with zero attached hydrogens (tertiary/aromatic N) is 2. The van der Waals surface area contributed by atoms with E-state index in [1.54, 1.807) is 0 Å². The molecule has 0 N–H and O–H groups in total. The monoisotopic (exact) mass is 414 g/mol. The molecule has 2 heterocycles. The minimum atomic E-state index is 0.999. The predicted molar refractivity (Wildman–Crippen MR) is 118 cm³/mol. The van der Waals surface area contributed by atoms with Crippen LogP contribution in [0.3, 0.4) is 0 Å². The summed E-state index contributed by atoms with van der Waals surface area (Å²) in [7, 11) is 0. The molecule has 0 unspecified atom stereocenters. The van der Waals surface area contributed by atoms with Gasteiger partial charge in [0.1, 0.15) is 5.65 Å². The van der Waals surface area contributed by atoms with E-state index in [-0.39, 0.29) is 0 Å². The molecule has 27 heavy (non-hydrogen) atoms. The first-order valence-electron chi connectivity index (χ1n) is 9.10. The summed E-state index contributed by atoms with van der Waals surface area (Å²) in [6, 6.07) is 19.5. The van der Waals surface area contributed by atoms with Crippen molar-refractivity contribution in [1.29, 1.82) is 0 Å². The van der Waals surface area contributed by atoms with Gasteiger partial charge in [0.2, 0.25) is 0 Å². The lowest BCUT2D eigenvalue weighted by molar-refractivity contribution is 1.27. The molecule has 0 aliphatic rings. The molecular formula is C24H19BrN2. The van der Waals surface area contributed by atoms with Gasteiger partial charge in [-0.05, 0) is 55.5 Å². The molecule has 2 nitrogen and oxygen atoms in total. The molecule has 5 aromatic rings. The third kappa shape index (κ3) is 2.49. The zero-order valence-corrected chi connectivity index (χ0v) is 17.1. The van der Waals surface area contributed by atoms with Gasteiger partial charge < -0.3 is 0 Å². The number of benzene rings is 3. The van der Waals surface area contributed by atoms with Crippen molar-refractivity contribution in [3.63, 3.8) is 0 Å². The molecule has 5 rings (SSSR count). The standard InChI is InChI=1S/C24H19BrN2/c1-14-10-15(2)23(16(3)11-14)21-13-27-22-7-5-4-6-19(22)18-9-8-17(25)12-20(18)24(27)26-21/h4-13H,1-3H3. The summed E-state index contributed by atoms with van der Waals surface area (Å²) in [4.78, 5) is 5.10. The Morgan fingerprint density at radius 2 is 1.56 bits per heavy atom. The zero-order chi connectivity index (χ0) is 18.7. The van der Waals surface area contributed by atoms with Crippen LogP contribution in [0.5, 0.6) is 0 Å². The van der Waals surface area contributed by atoms with Gasteiger partial charge in [-0.1, -0.05) is 57.9 Å². The lowest BCUT2D eigenvalue weighted by Crippen LogP contribution is -1.90. The van der Waals surface area contributed by atoms with Gasteiger partial charge in [0.15, 0.2) is 0 Å². The first kappa shape index (κ1) is 16.5. The maximum absolute atomic E-state index is 5.10. The highest BCUT2D eigenvalue weighted by Gasteiger charge is 2.15. The summed E-state index contributed by atoms with van der Waals surface area (Å²) in [5.74, 6) is 0. The Bertz CT molecular complexity index is 1340. The van der Waals surface area contributed by atoms with Gasteiger partial charge in [0.05, 0.1) is 11.2 Å². The maximum Gasteiger partial charge on any atom is 0.145 e. The van der Waals surface area contributed by atoms with Crippen molar-refractivity contribution in [2.75, 3.05) is 0 Å². The third-order valence-electron chi connectivity index (χ3n) is 5.32. The second-order valence-electron chi connectivity index (χ2n) is 7.30. The van der Waals surface area contributed by atoms with Gasteiger partial charge in [-0.15, -0.1) is 0 Å². The lowest BCUT2D eigenvalue weighted by Gasteiger charge is -2.08. The van der Waals surface area contributed by atoms with Crippen LogP contribution in [0.1, 0.15) is 16.7 Å². The molecule has 3 aromatic carbocycles. The molecule has 0 spiro atoms. The fourth-order valence-corrected chi connectivity index (χ4v) is 4.67. The molecule has 0 aliphatic heterocycles. The topological polar surface area (TPSA) is 17.3 Å². The highest BCUT2D eigenvalue weighted by atomic mass is 79.9. The second-order valence-corrected chi connectivity index (χ2v) is 8.22. The number of aryl methyl sites for hydroxylation is 3. The Hall–Kier alpha value is -2.65. The van der Waals surface area contributed by atoms with Crippen LogP contribution in [0.2, 0.25) is 0 Å². The molecule has 0 radical (unpaired) electrons. The second kappa shape index (κ2) is 5.93. The van der Waals surface area contributed by atoms with E-state index >= 15 is 0 Å². The van der Waals surface area contributed by atoms with E-state index in [0.29, 0.717) is 0 Å².